The number of imidazole rings is 1. The van der Waals surface area contributed by atoms with Crippen LogP contribution in [0, 0.1) is 5.82 Å². The highest BCUT2D eigenvalue weighted by atomic mass is 19.1. The Labute approximate surface area is 159 Å². The number of fused-ring (bicyclic) bond motifs is 2. The van der Waals surface area contributed by atoms with E-state index in [4.69, 9.17) is 4.74 Å². The third kappa shape index (κ3) is 2.66. The molecule has 4 aromatic rings. The lowest BCUT2D eigenvalue weighted by atomic mass is 9.77. The smallest absolute Gasteiger partial charge is 0.228 e. The molecule has 1 saturated carbocycles. The van der Waals surface area contributed by atoms with Crippen LogP contribution in [0.15, 0.2) is 30.9 Å². The Morgan fingerprint density at radius 2 is 2.21 bits per heavy atom. The molecule has 5 rings (SSSR count). The zero-order valence-electron chi connectivity index (χ0n) is 15.4. The molecular weight excluding hydrogens is 363 g/mol. The highest BCUT2D eigenvalue weighted by Crippen LogP contribution is 2.37. The second kappa shape index (κ2) is 5.90. The Bertz CT molecular complexity index is 1190. The molecule has 0 saturated heterocycles. The lowest BCUT2D eigenvalue weighted by molar-refractivity contribution is -0.0236. The van der Waals surface area contributed by atoms with Crippen LogP contribution in [0.25, 0.3) is 27.8 Å². The number of nitrogens with zero attached hydrogens (tertiary/aromatic N) is 4. The van der Waals surface area contributed by atoms with Crippen molar-refractivity contribution in [2.24, 2.45) is 0 Å². The zero-order valence-corrected chi connectivity index (χ0v) is 15.4. The van der Waals surface area contributed by atoms with Gasteiger partial charge in [0.1, 0.15) is 5.65 Å². The number of ether oxygens (including phenoxy) is 1. The van der Waals surface area contributed by atoms with Crippen molar-refractivity contribution in [3.63, 3.8) is 0 Å². The van der Waals surface area contributed by atoms with Gasteiger partial charge in [-0.1, -0.05) is 0 Å². The van der Waals surface area contributed by atoms with Crippen LogP contribution in [0.5, 0.6) is 5.88 Å². The van der Waals surface area contributed by atoms with Crippen molar-refractivity contribution in [2.45, 2.75) is 31.4 Å². The van der Waals surface area contributed by atoms with Gasteiger partial charge in [-0.25, -0.2) is 9.37 Å². The molecule has 0 spiro atoms. The standard InChI is InChI=1S/C19H19FN6O2/c1-19(27)6-11(7-19)23-18-24-15-14(17(25-18)28-2)12(8-22-15)10-5-13(20)16-21-3-4-26(16)9-10/h3-5,8-9,11,27H,6-7H2,1-2H3,(H2,22,23,24,25). The number of pyridine rings is 1. The van der Waals surface area contributed by atoms with Gasteiger partial charge in [0.2, 0.25) is 11.8 Å². The van der Waals surface area contributed by atoms with Gasteiger partial charge in [-0.05, 0) is 25.8 Å². The number of H-pyrrole nitrogens is 1. The highest BCUT2D eigenvalue weighted by molar-refractivity contribution is 5.97. The number of rotatable bonds is 4. The van der Waals surface area contributed by atoms with Crippen molar-refractivity contribution in [1.29, 1.82) is 0 Å². The first-order valence-corrected chi connectivity index (χ1v) is 8.98. The number of hydrogen-bond acceptors (Lipinski definition) is 6. The molecule has 4 heterocycles. The van der Waals surface area contributed by atoms with Crippen molar-refractivity contribution >= 4 is 22.6 Å². The molecule has 0 aromatic carbocycles. The van der Waals surface area contributed by atoms with E-state index in [0.29, 0.717) is 41.3 Å². The van der Waals surface area contributed by atoms with Gasteiger partial charge < -0.3 is 24.5 Å². The first-order valence-electron chi connectivity index (χ1n) is 8.98. The van der Waals surface area contributed by atoms with Crippen molar-refractivity contribution in [3.05, 3.63) is 36.7 Å². The van der Waals surface area contributed by atoms with Crippen LogP contribution in [0.1, 0.15) is 19.8 Å². The largest absolute Gasteiger partial charge is 0.480 e. The number of halogens is 1. The molecule has 4 aromatic heterocycles. The van der Waals surface area contributed by atoms with E-state index in [1.54, 1.807) is 29.2 Å². The van der Waals surface area contributed by atoms with Gasteiger partial charge in [-0.2, -0.15) is 9.97 Å². The summed E-state index contributed by atoms with van der Waals surface area (Å²) in [5, 5.41) is 13.8. The monoisotopic (exact) mass is 382 g/mol. The second-order valence-electron chi connectivity index (χ2n) is 7.46. The normalized spacial score (nSPS) is 21.8. The Kier molecular flexibility index (Phi) is 3.57. The molecule has 1 aliphatic carbocycles. The number of aromatic amines is 1. The third-order valence-corrected chi connectivity index (χ3v) is 5.15. The number of aromatic nitrogens is 5. The van der Waals surface area contributed by atoms with Gasteiger partial charge in [-0.3, -0.25) is 0 Å². The summed E-state index contributed by atoms with van der Waals surface area (Å²) in [5.41, 5.74) is 1.62. The zero-order chi connectivity index (χ0) is 19.5. The van der Waals surface area contributed by atoms with E-state index in [0.717, 1.165) is 5.56 Å². The van der Waals surface area contributed by atoms with Gasteiger partial charge in [0.25, 0.3) is 0 Å². The van der Waals surface area contributed by atoms with Crippen LogP contribution in [-0.2, 0) is 0 Å². The Morgan fingerprint density at radius 1 is 1.39 bits per heavy atom. The highest BCUT2D eigenvalue weighted by Gasteiger charge is 2.38. The van der Waals surface area contributed by atoms with Gasteiger partial charge in [0.15, 0.2) is 11.5 Å². The molecule has 0 radical (unpaired) electrons. The van der Waals surface area contributed by atoms with Crippen molar-refractivity contribution < 1.29 is 14.2 Å². The first kappa shape index (κ1) is 16.9. The number of aliphatic hydroxyl groups is 1. The molecule has 0 amide bonds. The SMILES string of the molecule is COc1nc(NC2CC(C)(O)C2)nc2[nH]cc(-c3cc(F)c4nccn4c3)c12. The minimum Gasteiger partial charge on any atom is -0.480 e. The summed E-state index contributed by atoms with van der Waals surface area (Å²) < 4.78 is 21.5. The molecule has 0 atom stereocenters. The minimum absolute atomic E-state index is 0.115. The molecule has 1 fully saturated rings. The predicted molar refractivity (Wildman–Crippen MR) is 102 cm³/mol. The molecule has 0 unspecified atom stereocenters. The van der Waals surface area contributed by atoms with E-state index in [9.17, 15) is 9.50 Å². The van der Waals surface area contributed by atoms with Gasteiger partial charge in [-0.15, -0.1) is 0 Å². The lowest BCUT2D eigenvalue weighted by Gasteiger charge is -2.41. The summed E-state index contributed by atoms with van der Waals surface area (Å²) in [6.45, 7) is 1.81. The summed E-state index contributed by atoms with van der Waals surface area (Å²) in [4.78, 5) is 16.1. The second-order valence-corrected chi connectivity index (χ2v) is 7.46. The molecule has 9 heteroatoms. The molecule has 0 aliphatic heterocycles. The molecule has 3 N–H and O–H groups in total. The molecule has 144 valence electrons. The number of hydrogen-bond donors (Lipinski definition) is 3. The van der Waals surface area contributed by atoms with Crippen LogP contribution in [0.2, 0.25) is 0 Å². The molecule has 0 bridgehead atoms. The van der Waals surface area contributed by atoms with E-state index < -0.39 is 11.4 Å². The fraction of sp³-hybridized carbons (Fsp3) is 0.316. The summed E-state index contributed by atoms with van der Waals surface area (Å²) in [7, 11) is 1.54. The molecular formula is C19H19FN6O2. The Hall–Kier alpha value is -3.20. The molecule has 8 nitrogen and oxygen atoms in total. The third-order valence-electron chi connectivity index (χ3n) is 5.15. The summed E-state index contributed by atoms with van der Waals surface area (Å²) in [6.07, 6.45) is 8.08. The summed E-state index contributed by atoms with van der Waals surface area (Å²) in [6, 6.07) is 1.55. The average molecular weight is 382 g/mol. The number of methoxy groups -OCH3 is 1. The first-order chi connectivity index (χ1) is 13.4. The molecule has 28 heavy (non-hydrogen) atoms. The van der Waals surface area contributed by atoms with E-state index in [2.05, 4.69) is 25.3 Å². The Morgan fingerprint density at radius 3 is 2.96 bits per heavy atom. The summed E-state index contributed by atoms with van der Waals surface area (Å²) in [5.74, 6) is 0.405. The van der Waals surface area contributed by atoms with Gasteiger partial charge >= 0.3 is 0 Å². The fourth-order valence-electron chi connectivity index (χ4n) is 3.86. The van der Waals surface area contributed by atoms with Crippen molar-refractivity contribution in [1.82, 2.24) is 24.3 Å². The fourth-order valence-corrected chi connectivity index (χ4v) is 3.86. The number of nitrogens with one attached hydrogen (secondary N) is 2. The maximum Gasteiger partial charge on any atom is 0.228 e. The van der Waals surface area contributed by atoms with E-state index >= 15 is 0 Å². The van der Waals surface area contributed by atoms with E-state index in [1.165, 1.54) is 13.2 Å². The van der Waals surface area contributed by atoms with Crippen molar-refractivity contribution in [2.75, 3.05) is 12.4 Å². The Balaban J connectivity index is 1.57. The quantitative estimate of drug-likeness (QED) is 0.502. The van der Waals surface area contributed by atoms with Gasteiger partial charge in [0, 0.05) is 42.0 Å². The summed E-state index contributed by atoms with van der Waals surface area (Å²) >= 11 is 0. The molecule has 1 aliphatic rings. The van der Waals surface area contributed by atoms with Crippen LogP contribution >= 0.6 is 0 Å². The average Bonchev–Trinajstić information content (AvgIpc) is 3.26. The van der Waals surface area contributed by atoms with Crippen LogP contribution in [-0.4, -0.2) is 48.2 Å². The van der Waals surface area contributed by atoms with Crippen LogP contribution in [0.3, 0.4) is 0 Å². The van der Waals surface area contributed by atoms with E-state index in [1.807, 2.05) is 6.92 Å². The number of anilines is 1. The van der Waals surface area contributed by atoms with E-state index in [-0.39, 0.29) is 11.7 Å². The van der Waals surface area contributed by atoms with Crippen LogP contribution < -0.4 is 10.1 Å². The van der Waals surface area contributed by atoms with Crippen molar-refractivity contribution in [3.8, 4) is 17.0 Å². The van der Waals surface area contributed by atoms with Crippen LogP contribution in [0.4, 0.5) is 10.3 Å². The minimum atomic E-state index is -0.637. The van der Waals surface area contributed by atoms with Gasteiger partial charge in [0.05, 0.1) is 18.1 Å². The maximum absolute atomic E-state index is 14.4. The topological polar surface area (TPSA) is 100 Å². The lowest BCUT2D eigenvalue weighted by Crippen LogP contribution is -2.48. The predicted octanol–water partition coefficient (Wildman–Crippen LogP) is 2.75. The maximum atomic E-state index is 14.4.